The Hall–Kier alpha value is -4.46. The van der Waals surface area contributed by atoms with Gasteiger partial charge in [-0.15, -0.1) is 6.58 Å². The van der Waals surface area contributed by atoms with Crippen molar-refractivity contribution in [2.45, 2.75) is 102 Å². The van der Waals surface area contributed by atoms with E-state index in [-0.39, 0.29) is 49.7 Å². The molecule has 55 heavy (non-hydrogen) atoms. The third kappa shape index (κ3) is 9.33. The number of nitrogens with zero attached hydrogens (tertiary/aromatic N) is 3. The van der Waals surface area contributed by atoms with Crippen molar-refractivity contribution in [2.24, 2.45) is 22.9 Å². The SMILES string of the molecule is C=CCO[C@@]12Oc3ccc(Oc4cccc([N+](=O)[O-])c4)cc3[C@H]3[C@H](CCCCO)[C@@H](CCCCO)C=C(C(=NOC(C)(C)C)C[C@@H]1N(CCC)C(=O)OC)[C@H]32. The van der Waals surface area contributed by atoms with Gasteiger partial charge in [0.1, 0.15) is 28.9 Å². The van der Waals surface area contributed by atoms with Gasteiger partial charge in [0.25, 0.3) is 5.69 Å². The molecular formula is C42H57N3O10. The highest BCUT2D eigenvalue weighted by molar-refractivity contribution is 6.03. The molecule has 0 radical (unpaired) electrons. The van der Waals surface area contributed by atoms with Crippen molar-refractivity contribution >= 4 is 17.5 Å². The quantitative estimate of drug-likeness (QED) is 0.0654. The number of aliphatic hydroxyl groups excluding tert-OH is 2. The average Bonchev–Trinajstić information content (AvgIpc) is 3.16. The molecule has 0 aromatic heterocycles. The van der Waals surface area contributed by atoms with Crippen LogP contribution < -0.4 is 9.47 Å². The van der Waals surface area contributed by atoms with Gasteiger partial charge in [-0.05, 0) is 94.5 Å². The summed E-state index contributed by atoms with van der Waals surface area (Å²) in [4.78, 5) is 32.6. The maximum atomic E-state index is 13.7. The van der Waals surface area contributed by atoms with Crippen molar-refractivity contribution < 1.29 is 43.7 Å². The number of rotatable bonds is 18. The van der Waals surface area contributed by atoms with Gasteiger partial charge in [-0.2, -0.15) is 0 Å². The molecule has 2 aromatic rings. The predicted octanol–water partition coefficient (Wildman–Crippen LogP) is 8.30. The molecule has 0 bridgehead atoms. The standard InChI is InChI=1S/C42H57N3O10/c1-7-20-44(40(48)51-6)37-27-35(43-55-41(3,4)5)33-24-28(14-9-11-21-46)32(17-10-12-22-47)38-34-26-31(53-30-16-13-15-29(25-30)45(49)50)18-19-36(34)54-42(37,39(33)38)52-23-8-2/h8,13,15-16,18-19,24-26,28,32,37-39,46-47H,2,7,9-12,14,17,20-23,27H2,1,3-6H3/t28-,32+,37-,38+,39+,42+/m0/s1. The first kappa shape index (κ1) is 41.7. The number of nitro benzene ring substituents is 1. The summed E-state index contributed by atoms with van der Waals surface area (Å²) in [5, 5.41) is 36.0. The third-order valence-electron chi connectivity index (χ3n) is 10.6. The molecule has 300 valence electrons. The molecule has 1 aliphatic heterocycles. The number of nitro groups is 1. The minimum atomic E-state index is -1.41. The summed E-state index contributed by atoms with van der Waals surface area (Å²) in [5.41, 5.74) is 1.79. The lowest BCUT2D eigenvalue weighted by molar-refractivity contribution is -0.384. The average molecular weight is 764 g/mol. The van der Waals surface area contributed by atoms with E-state index in [4.69, 9.17) is 28.9 Å². The number of aliphatic hydroxyl groups is 2. The minimum absolute atomic E-state index is 0.0164. The molecule has 0 saturated heterocycles. The first-order chi connectivity index (χ1) is 26.4. The van der Waals surface area contributed by atoms with E-state index in [0.29, 0.717) is 48.8 Å². The Balaban J connectivity index is 1.79. The van der Waals surface area contributed by atoms with Crippen LogP contribution in [0.25, 0.3) is 0 Å². The maximum absolute atomic E-state index is 13.7. The van der Waals surface area contributed by atoms with Gasteiger partial charge in [-0.25, -0.2) is 4.79 Å². The Kier molecular flexibility index (Phi) is 14.0. The van der Waals surface area contributed by atoms with Crippen LogP contribution in [0.4, 0.5) is 10.5 Å². The molecule has 1 saturated carbocycles. The number of fused-ring (bicyclic) bond motifs is 2. The normalized spacial score (nSPS) is 24.8. The van der Waals surface area contributed by atoms with Gasteiger partial charge in [-0.1, -0.05) is 43.1 Å². The van der Waals surface area contributed by atoms with E-state index < -0.39 is 34.4 Å². The second kappa shape index (κ2) is 18.4. The van der Waals surface area contributed by atoms with Gasteiger partial charge >= 0.3 is 6.09 Å². The maximum Gasteiger partial charge on any atom is 0.409 e. The van der Waals surface area contributed by atoms with E-state index in [2.05, 4.69) is 12.7 Å². The number of hydrogen-bond donors (Lipinski definition) is 2. The van der Waals surface area contributed by atoms with E-state index in [0.717, 1.165) is 36.8 Å². The first-order valence-corrected chi connectivity index (χ1v) is 19.4. The van der Waals surface area contributed by atoms with Crippen molar-refractivity contribution in [1.82, 2.24) is 4.90 Å². The van der Waals surface area contributed by atoms with Gasteiger partial charge in [0.2, 0.25) is 5.79 Å². The van der Waals surface area contributed by atoms with E-state index in [1.165, 1.54) is 19.2 Å². The number of methoxy groups -OCH3 is 1. The Labute approximate surface area is 324 Å². The number of hydrogen-bond acceptors (Lipinski definition) is 11. The molecule has 13 heteroatoms. The van der Waals surface area contributed by atoms with Crippen LogP contribution in [0.15, 0.2) is 71.9 Å². The fourth-order valence-corrected chi connectivity index (χ4v) is 8.43. The Morgan fingerprint density at radius 1 is 1.11 bits per heavy atom. The highest BCUT2D eigenvalue weighted by Gasteiger charge is 2.65. The van der Waals surface area contributed by atoms with Crippen LogP contribution in [0.2, 0.25) is 0 Å². The molecule has 13 nitrogen and oxygen atoms in total. The van der Waals surface area contributed by atoms with Crippen LogP contribution in [-0.2, 0) is 14.3 Å². The van der Waals surface area contributed by atoms with Crippen molar-refractivity contribution in [3.05, 3.63) is 82.4 Å². The number of oxime groups is 1. The topological polar surface area (TPSA) is 162 Å². The highest BCUT2D eigenvalue weighted by atomic mass is 16.7. The number of non-ortho nitro benzene ring substituents is 1. The van der Waals surface area contributed by atoms with Crippen molar-refractivity contribution in [3.8, 4) is 17.2 Å². The summed E-state index contributed by atoms with van der Waals surface area (Å²) in [6, 6.07) is 10.9. The number of unbranched alkanes of at least 4 members (excludes halogenated alkanes) is 2. The summed E-state index contributed by atoms with van der Waals surface area (Å²) in [6.07, 6.45) is 8.80. The molecule has 1 fully saturated rings. The number of carbonyl (C=O) groups excluding carboxylic acids is 1. The number of carbonyl (C=O) groups is 1. The third-order valence-corrected chi connectivity index (χ3v) is 10.6. The van der Waals surface area contributed by atoms with Gasteiger partial charge in [0.05, 0.1) is 36.3 Å². The monoisotopic (exact) mass is 763 g/mol. The van der Waals surface area contributed by atoms with Gasteiger partial charge in [0.15, 0.2) is 0 Å². The predicted molar refractivity (Wildman–Crippen MR) is 208 cm³/mol. The number of benzene rings is 2. The summed E-state index contributed by atoms with van der Waals surface area (Å²) in [7, 11) is 1.37. The van der Waals surface area contributed by atoms with Crippen LogP contribution in [0.3, 0.4) is 0 Å². The molecule has 5 rings (SSSR count). The molecule has 3 aliphatic rings. The van der Waals surface area contributed by atoms with Crippen molar-refractivity contribution in [1.29, 1.82) is 0 Å². The molecule has 6 atom stereocenters. The molecule has 2 N–H and O–H groups in total. The number of allylic oxidation sites excluding steroid dienone is 1. The lowest BCUT2D eigenvalue weighted by Crippen LogP contribution is -2.70. The Bertz CT molecular complexity index is 1720. The Morgan fingerprint density at radius 3 is 2.49 bits per heavy atom. The molecule has 1 heterocycles. The zero-order chi connectivity index (χ0) is 39.8. The van der Waals surface area contributed by atoms with Crippen LogP contribution >= 0.6 is 0 Å². The second-order valence-corrected chi connectivity index (χ2v) is 15.5. The smallest absolute Gasteiger partial charge is 0.409 e. The van der Waals surface area contributed by atoms with E-state index in [1.54, 1.807) is 29.2 Å². The zero-order valence-corrected chi connectivity index (χ0v) is 32.8. The molecular weight excluding hydrogens is 706 g/mol. The minimum Gasteiger partial charge on any atom is -0.459 e. The second-order valence-electron chi connectivity index (χ2n) is 15.5. The summed E-state index contributed by atoms with van der Waals surface area (Å²) in [5.74, 6) is -0.733. The van der Waals surface area contributed by atoms with Crippen LogP contribution in [-0.4, -0.2) is 82.7 Å². The van der Waals surface area contributed by atoms with Gasteiger partial charge in [0, 0.05) is 43.7 Å². The number of amides is 1. The highest BCUT2D eigenvalue weighted by Crippen LogP contribution is 2.62. The fourth-order valence-electron chi connectivity index (χ4n) is 8.43. The Morgan fingerprint density at radius 2 is 1.84 bits per heavy atom. The molecule has 0 spiro atoms. The molecule has 2 aromatic carbocycles. The van der Waals surface area contributed by atoms with E-state index in [9.17, 15) is 25.1 Å². The van der Waals surface area contributed by atoms with Crippen molar-refractivity contribution in [3.63, 3.8) is 0 Å². The molecule has 0 unspecified atom stereocenters. The lowest BCUT2D eigenvalue weighted by Gasteiger charge is -2.59. The summed E-state index contributed by atoms with van der Waals surface area (Å²) >= 11 is 0. The van der Waals surface area contributed by atoms with Gasteiger partial charge < -0.3 is 34.0 Å². The summed E-state index contributed by atoms with van der Waals surface area (Å²) < 4.78 is 25.8. The fraction of sp³-hybridized carbons (Fsp3) is 0.571. The largest absolute Gasteiger partial charge is 0.459 e. The van der Waals surface area contributed by atoms with Crippen LogP contribution in [0.5, 0.6) is 17.2 Å². The van der Waals surface area contributed by atoms with Crippen molar-refractivity contribution in [2.75, 3.05) is 33.5 Å². The number of ether oxygens (including phenoxy) is 4. The van der Waals surface area contributed by atoms with E-state index >= 15 is 0 Å². The van der Waals surface area contributed by atoms with Crippen LogP contribution in [0, 0.1) is 27.9 Å². The van der Waals surface area contributed by atoms with Crippen LogP contribution in [0.1, 0.15) is 90.5 Å². The zero-order valence-electron chi connectivity index (χ0n) is 32.8. The summed E-state index contributed by atoms with van der Waals surface area (Å²) in [6.45, 7) is 12.4. The van der Waals surface area contributed by atoms with E-state index in [1.807, 2.05) is 39.8 Å². The molecule has 2 aliphatic carbocycles. The lowest BCUT2D eigenvalue weighted by atomic mass is 9.55. The first-order valence-electron chi connectivity index (χ1n) is 19.4. The van der Waals surface area contributed by atoms with Gasteiger partial charge in [-0.3, -0.25) is 15.0 Å². The molecule has 1 amide bonds.